The van der Waals surface area contributed by atoms with E-state index in [9.17, 15) is 0 Å². The third-order valence-corrected chi connectivity index (χ3v) is 4.29. The van der Waals surface area contributed by atoms with Crippen molar-refractivity contribution in [1.82, 2.24) is 10.3 Å². The highest BCUT2D eigenvalue weighted by Crippen LogP contribution is 2.37. The van der Waals surface area contributed by atoms with Gasteiger partial charge in [0.2, 0.25) is 0 Å². The number of rotatable bonds is 5. The summed E-state index contributed by atoms with van der Waals surface area (Å²) in [6.45, 7) is 5.53. The second-order valence-corrected chi connectivity index (χ2v) is 5.71. The average Bonchev–Trinajstić information content (AvgIpc) is 2.46. The first-order valence-electron chi connectivity index (χ1n) is 7.47. The Labute approximate surface area is 116 Å². The Bertz CT molecular complexity index is 386. The molecule has 1 atom stereocenters. The first-order chi connectivity index (χ1) is 9.24. The molecule has 1 aliphatic carbocycles. The minimum absolute atomic E-state index is 0.417. The topological polar surface area (TPSA) is 34.2 Å². The van der Waals surface area contributed by atoms with Crippen molar-refractivity contribution in [3.63, 3.8) is 0 Å². The van der Waals surface area contributed by atoms with Gasteiger partial charge in [-0.25, -0.2) is 0 Å². The quantitative estimate of drug-likeness (QED) is 0.881. The minimum atomic E-state index is 0.417. The lowest BCUT2D eigenvalue weighted by Crippen LogP contribution is -2.30. The molecule has 0 radical (unpaired) electrons. The summed E-state index contributed by atoms with van der Waals surface area (Å²) in [5, 5.41) is 3.64. The van der Waals surface area contributed by atoms with Gasteiger partial charge in [0.1, 0.15) is 5.75 Å². The Morgan fingerprint density at radius 1 is 1.32 bits per heavy atom. The molecule has 1 aromatic rings. The first-order valence-corrected chi connectivity index (χ1v) is 7.47. The van der Waals surface area contributed by atoms with Crippen LogP contribution in [-0.4, -0.2) is 18.6 Å². The molecule has 1 fully saturated rings. The van der Waals surface area contributed by atoms with Crippen molar-refractivity contribution in [2.24, 2.45) is 11.8 Å². The average molecular weight is 262 g/mol. The van der Waals surface area contributed by atoms with Gasteiger partial charge in [0.05, 0.1) is 13.3 Å². The van der Waals surface area contributed by atoms with Gasteiger partial charge in [-0.15, -0.1) is 0 Å². The number of hydrogen-bond acceptors (Lipinski definition) is 3. The van der Waals surface area contributed by atoms with Crippen molar-refractivity contribution in [1.29, 1.82) is 0 Å². The van der Waals surface area contributed by atoms with Gasteiger partial charge in [-0.1, -0.05) is 26.7 Å². The lowest BCUT2D eigenvalue weighted by Gasteiger charge is -2.33. The van der Waals surface area contributed by atoms with E-state index < -0.39 is 0 Å². The number of aromatic nitrogens is 1. The fourth-order valence-electron chi connectivity index (χ4n) is 3.11. The molecule has 1 saturated carbocycles. The van der Waals surface area contributed by atoms with E-state index in [1.54, 1.807) is 13.3 Å². The van der Waals surface area contributed by atoms with E-state index >= 15 is 0 Å². The van der Waals surface area contributed by atoms with E-state index in [1.165, 1.54) is 31.2 Å². The first kappa shape index (κ1) is 14.3. The maximum Gasteiger partial charge on any atom is 0.137 e. The van der Waals surface area contributed by atoms with Crippen LogP contribution in [0.2, 0.25) is 0 Å². The van der Waals surface area contributed by atoms with Gasteiger partial charge in [-0.05, 0) is 42.9 Å². The van der Waals surface area contributed by atoms with Gasteiger partial charge < -0.3 is 10.1 Å². The Kier molecular flexibility index (Phi) is 5.20. The van der Waals surface area contributed by atoms with Crippen LogP contribution in [0.3, 0.4) is 0 Å². The normalized spacial score (nSPS) is 25.0. The molecular weight excluding hydrogens is 236 g/mol. The standard InChI is InChI=1S/C16H26N2O/c1-4-18-16(13-7-5-12(2)6-8-13)14-9-15(19-3)11-17-10-14/h9-13,16,18H,4-8H2,1-3H3. The minimum Gasteiger partial charge on any atom is -0.495 e. The smallest absolute Gasteiger partial charge is 0.137 e. The van der Waals surface area contributed by atoms with Crippen LogP contribution in [0.25, 0.3) is 0 Å². The summed E-state index contributed by atoms with van der Waals surface area (Å²) in [4.78, 5) is 4.30. The number of hydrogen-bond donors (Lipinski definition) is 1. The summed E-state index contributed by atoms with van der Waals surface area (Å²) in [6.07, 6.45) is 9.09. The Morgan fingerprint density at radius 3 is 2.68 bits per heavy atom. The zero-order valence-corrected chi connectivity index (χ0v) is 12.4. The fraction of sp³-hybridized carbons (Fsp3) is 0.688. The predicted octanol–water partition coefficient (Wildman–Crippen LogP) is 3.57. The summed E-state index contributed by atoms with van der Waals surface area (Å²) in [5.74, 6) is 2.47. The van der Waals surface area contributed by atoms with Crippen molar-refractivity contribution in [2.45, 2.75) is 45.6 Å². The van der Waals surface area contributed by atoms with Crippen LogP contribution in [0.1, 0.15) is 51.1 Å². The summed E-state index contributed by atoms with van der Waals surface area (Å²) < 4.78 is 5.30. The molecule has 3 heteroatoms. The molecule has 19 heavy (non-hydrogen) atoms. The second kappa shape index (κ2) is 6.90. The zero-order valence-electron chi connectivity index (χ0n) is 12.4. The SMILES string of the molecule is CCNC(c1cncc(OC)c1)C1CCC(C)CC1. The highest BCUT2D eigenvalue weighted by atomic mass is 16.5. The largest absolute Gasteiger partial charge is 0.495 e. The molecule has 1 aliphatic rings. The molecule has 1 unspecified atom stereocenters. The maximum absolute atomic E-state index is 5.30. The number of methoxy groups -OCH3 is 1. The summed E-state index contributed by atoms with van der Waals surface area (Å²) in [7, 11) is 1.70. The van der Waals surface area contributed by atoms with Crippen LogP contribution in [0.15, 0.2) is 18.5 Å². The molecule has 0 bridgehead atoms. The molecule has 106 valence electrons. The molecule has 1 N–H and O–H groups in total. The van der Waals surface area contributed by atoms with Gasteiger partial charge in [0.15, 0.2) is 0 Å². The second-order valence-electron chi connectivity index (χ2n) is 5.71. The van der Waals surface area contributed by atoms with Crippen LogP contribution in [0, 0.1) is 11.8 Å². The lowest BCUT2D eigenvalue weighted by atomic mass is 9.77. The van der Waals surface area contributed by atoms with E-state index in [4.69, 9.17) is 4.74 Å². The Balaban J connectivity index is 2.14. The van der Waals surface area contributed by atoms with Crippen molar-refractivity contribution < 1.29 is 4.74 Å². The molecule has 0 saturated heterocycles. The maximum atomic E-state index is 5.30. The Hall–Kier alpha value is -1.09. The van der Waals surface area contributed by atoms with Gasteiger partial charge in [0.25, 0.3) is 0 Å². The monoisotopic (exact) mass is 262 g/mol. The van der Waals surface area contributed by atoms with E-state index in [0.29, 0.717) is 6.04 Å². The van der Waals surface area contributed by atoms with Crippen LogP contribution in [-0.2, 0) is 0 Å². The molecular formula is C16H26N2O. The molecule has 1 heterocycles. The zero-order chi connectivity index (χ0) is 13.7. The summed E-state index contributed by atoms with van der Waals surface area (Å²) in [6, 6.07) is 2.54. The molecule has 0 spiro atoms. The molecule has 0 aliphatic heterocycles. The predicted molar refractivity (Wildman–Crippen MR) is 78.3 cm³/mol. The van der Waals surface area contributed by atoms with E-state index in [2.05, 4.69) is 30.2 Å². The van der Waals surface area contributed by atoms with Crippen LogP contribution in [0.4, 0.5) is 0 Å². The van der Waals surface area contributed by atoms with Gasteiger partial charge >= 0.3 is 0 Å². The van der Waals surface area contributed by atoms with Crippen molar-refractivity contribution in [3.05, 3.63) is 24.0 Å². The Morgan fingerprint density at radius 2 is 2.05 bits per heavy atom. The highest BCUT2D eigenvalue weighted by molar-refractivity contribution is 5.26. The molecule has 1 aromatic heterocycles. The highest BCUT2D eigenvalue weighted by Gasteiger charge is 2.27. The van der Waals surface area contributed by atoms with Gasteiger partial charge in [-0.2, -0.15) is 0 Å². The fourth-order valence-corrected chi connectivity index (χ4v) is 3.11. The number of pyridine rings is 1. The summed E-state index contributed by atoms with van der Waals surface area (Å²) >= 11 is 0. The third-order valence-electron chi connectivity index (χ3n) is 4.29. The molecule has 3 nitrogen and oxygen atoms in total. The van der Waals surface area contributed by atoms with Crippen LogP contribution in [0.5, 0.6) is 5.75 Å². The molecule has 0 aromatic carbocycles. The van der Waals surface area contributed by atoms with E-state index in [-0.39, 0.29) is 0 Å². The van der Waals surface area contributed by atoms with Crippen LogP contribution >= 0.6 is 0 Å². The lowest BCUT2D eigenvalue weighted by molar-refractivity contribution is 0.232. The van der Waals surface area contributed by atoms with E-state index in [0.717, 1.165) is 24.1 Å². The van der Waals surface area contributed by atoms with Crippen molar-refractivity contribution in [2.75, 3.05) is 13.7 Å². The van der Waals surface area contributed by atoms with Gasteiger partial charge in [-0.3, -0.25) is 4.98 Å². The summed E-state index contributed by atoms with van der Waals surface area (Å²) in [5.41, 5.74) is 1.26. The van der Waals surface area contributed by atoms with Gasteiger partial charge in [0, 0.05) is 12.2 Å². The van der Waals surface area contributed by atoms with Crippen molar-refractivity contribution >= 4 is 0 Å². The van der Waals surface area contributed by atoms with E-state index in [1.807, 2.05) is 6.20 Å². The number of nitrogens with one attached hydrogen (secondary N) is 1. The molecule has 2 rings (SSSR count). The number of ether oxygens (including phenoxy) is 1. The van der Waals surface area contributed by atoms with Crippen molar-refractivity contribution in [3.8, 4) is 5.75 Å². The molecule has 0 amide bonds. The third kappa shape index (κ3) is 3.69. The van der Waals surface area contributed by atoms with Crippen LogP contribution < -0.4 is 10.1 Å². The number of nitrogens with zero attached hydrogens (tertiary/aromatic N) is 1.